The van der Waals surface area contributed by atoms with Gasteiger partial charge >= 0.3 is 0 Å². The lowest BCUT2D eigenvalue weighted by Crippen LogP contribution is -2.32. The van der Waals surface area contributed by atoms with Gasteiger partial charge in [0.2, 0.25) is 0 Å². The molecule has 17 heavy (non-hydrogen) atoms. The molecule has 0 aromatic carbocycles. The molecule has 1 fully saturated rings. The van der Waals surface area contributed by atoms with Gasteiger partial charge in [-0.25, -0.2) is 0 Å². The lowest BCUT2D eigenvalue weighted by molar-refractivity contribution is 0.0741. The van der Waals surface area contributed by atoms with E-state index in [-0.39, 0.29) is 0 Å². The van der Waals surface area contributed by atoms with Gasteiger partial charge in [-0.2, -0.15) is 0 Å². The van der Waals surface area contributed by atoms with Gasteiger partial charge in [0, 0.05) is 31.1 Å². The summed E-state index contributed by atoms with van der Waals surface area (Å²) in [5.41, 5.74) is 1.22. The first-order valence-corrected chi connectivity index (χ1v) is 7.13. The number of hydrogen-bond donors (Lipinski definition) is 0. The zero-order valence-corrected chi connectivity index (χ0v) is 11.3. The third-order valence-electron chi connectivity index (χ3n) is 2.94. The lowest BCUT2D eigenvalue weighted by Gasteiger charge is -2.24. The van der Waals surface area contributed by atoms with Gasteiger partial charge < -0.3 is 4.74 Å². The van der Waals surface area contributed by atoms with Crippen LogP contribution >= 0.6 is 11.3 Å². The molecule has 0 bridgehead atoms. The highest BCUT2D eigenvalue weighted by molar-refractivity contribution is 7.09. The molecule has 0 spiro atoms. The number of thiophene rings is 1. The van der Waals surface area contributed by atoms with Gasteiger partial charge in [-0.15, -0.1) is 11.3 Å². The van der Waals surface area contributed by atoms with E-state index in [0.29, 0.717) is 6.10 Å². The second-order valence-corrected chi connectivity index (χ2v) is 5.87. The topological polar surface area (TPSA) is 12.5 Å². The third-order valence-corrected chi connectivity index (χ3v) is 3.80. The van der Waals surface area contributed by atoms with Gasteiger partial charge in [0.15, 0.2) is 0 Å². The highest BCUT2D eigenvalue weighted by atomic mass is 32.1. The van der Waals surface area contributed by atoms with Crippen molar-refractivity contribution in [2.45, 2.75) is 32.4 Å². The Morgan fingerprint density at radius 3 is 3.12 bits per heavy atom. The SMILES string of the molecule is C=C(C)CN(Cc1cccs1)CC1CCCO1. The predicted octanol–water partition coefficient (Wildman–Crippen LogP) is 3.31. The van der Waals surface area contributed by atoms with Crippen LogP contribution in [0.4, 0.5) is 0 Å². The molecule has 1 unspecified atom stereocenters. The lowest BCUT2D eigenvalue weighted by atomic mass is 10.2. The first-order valence-electron chi connectivity index (χ1n) is 6.25. The average Bonchev–Trinajstić information content (AvgIpc) is 2.89. The molecule has 1 atom stereocenters. The van der Waals surface area contributed by atoms with Crippen molar-refractivity contribution >= 4 is 11.3 Å². The largest absolute Gasteiger partial charge is 0.377 e. The Balaban J connectivity index is 1.89. The molecule has 94 valence electrons. The van der Waals surface area contributed by atoms with E-state index in [2.05, 4.69) is 35.9 Å². The Kier molecular flexibility index (Phi) is 4.77. The van der Waals surface area contributed by atoms with E-state index in [1.807, 2.05) is 11.3 Å². The summed E-state index contributed by atoms with van der Waals surface area (Å²) in [5.74, 6) is 0. The fourth-order valence-corrected chi connectivity index (χ4v) is 3.01. The van der Waals surface area contributed by atoms with Crippen LogP contribution in [0.1, 0.15) is 24.6 Å². The van der Waals surface area contributed by atoms with Crippen LogP contribution in [0.25, 0.3) is 0 Å². The van der Waals surface area contributed by atoms with Gasteiger partial charge in [-0.05, 0) is 31.2 Å². The second-order valence-electron chi connectivity index (χ2n) is 4.84. The highest BCUT2D eigenvalue weighted by Crippen LogP contribution is 2.17. The fraction of sp³-hybridized carbons (Fsp3) is 0.571. The van der Waals surface area contributed by atoms with Crippen molar-refractivity contribution < 1.29 is 4.74 Å². The summed E-state index contributed by atoms with van der Waals surface area (Å²) >= 11 is 1.82. The van der Waals surface area contributed by atoms with Gasteiger partial charge in [0.25, 0.3) is 0 Å². The Labute approximate surface area is 108 Å². The fourth-order valence-electron chi connectivity index (χ4n) is 2.27. The molecule has 0 N–H and O–H groups in total. The molecule has 2 rings (SSSR count). The van der Waals surface area contributed by atoms with Crippen molar-refractivity contribution in [3.63, 3.8) is 0 Å². The maximum absolute atomic E-state index is 5.72. The summed E-state index contributed by atoms with van der Waals surface area (Å²) in [7, 11) is 0. The number of hydrogen-bond acceptors (Lipinski definition) is 3. The van der Waals surface area contributed by atoms with Crippen molar-refractivity contribution in [1.82, 2.24) is 4.90 Å². The molecule has 1 aromatic heterocycles. The molecule has 1 aliphatic rings. The molecule has 0 aliphatic carbocycles. The minimum Gasteiger partial charge on any atom is -0.377 e. The molecule has 0 radical (unpaired) electrons. The molecular weight excluding hydrogens is 230 g/mol. The molecule has 1 saturated heterocycles. The van der Waals surface area contributed by atoms with Crippen LogP contribution in [0.2, 0.25) is 0 Å². The van der Waals surface area contributed by atoms with Crippen LogP contribution in [0, 0.1) is 0 Å². The van der Waals surface area contributed by atoms with Gasteiger partial charge in [-0.1, -0.05) is 18.2 Å². The van der Waals surface area contributed by atoms with Gasteiger partial charge in [-0.3, -0.25) is 4.90 Å². The van der Waals surface area contributed by atoms with E-state index in [0.717, 1.165) is 26.2 Å². The Bertz CT molecular complexity index is 341. The summed E-state index contributed by atoms with van der Waals surface area (Å²) in [6, 6.07) is 4.32. The molecule has 3 heteroatoms. The normalized spacial score (nSPS) is 20.0. The van der Waals surface area contributed by atoms with Crippen LogP contribution in [-0.2, 0) is 11.3 Å². The van der Waals surface area contributed by atoms with Gasteiger partial charge in [0.1, 0.15) is 0 Å². The van der Waals surface area contributed by atoms with Crippen LogP contribution < -0.4 is 0 Å². The van der Waals surface area contributed by atoms with Crippen LogP contribution in [-0.4, -0.2) is 30.7 Å². The Hall–Kier alpha value is -0.640. The van der Waals surface area contributed by atoms with E-state index in [1.165, 1.54) is 23.3 Å². The Morgan fingerprint density at radius 1 is 1.65 bits per heavy atom. The molecular formula is C14H21NOS. The second kappa shape index (κ2) is 6.34. The number of ether oxygens (including phenoxy) is 1. The monoisotopic (exact) mass is 251 g/mol. The summed E-state index contributed by atoms with van der Waals surface area (Å²) < 4.78 is 5.72. The first kappa shape index (κ1) is 12.8. The molecule has 0 amide bonds. The first-order chi connectivity index (χ1) is 8.24. The van der Waals surface area contributed by atoms with Crippen molar-refractivity contribution in [2.24, 2.45) is 0 Å². The van der Waals surface area contributed by atoms with Crippen LogP contribution in [0.3, 0.4) is 0 Å². The number of nitrogens with zero attached hydrogens (tertiary/aromatic N) is 1. The van der Waals surface area contributed by atoms with Crippen LogP contribution in [0.15, 0.2) is 29.7 Å². The van der Waals surface area contributed by atoms with Crippen LogP contribution in [0.5, 0.6) is 0 Å². The highest BCUT2D eigenvalue weighted by Gasteiger charge is 2.19. The summed E-state index contributed by atoms with van der Waals surface area (Å²) in [6.07, 6.45) is 2.84. The van der Waals surface area contributed by atoms with E-state index >= 15 is 0 Å². The minimum absolute atomic E-state index is 0.425. The van der Waals surface area contributed by atoms with Gasteiger partial charge in [0.05, 0.1) is 6.10 Å². The van der Waals surface area contributed by atoms with E-state index in [9.17, 15) is 0 Å². The zero-order valence-electron chi connectivity index (χ0n) is 10.5. The number of rotatable bonds is 6. The maximum Gasteiger partial charge on any atom is 0.0703 e. The van der Waals surface area contributed by atoms with Crippen molar-refractivity contribution in [2.75, 3.05) is 19.7 Å². The predicted molar refractivity (Wildman–Crippen MR) is 73.4 cm³/mol. The quantitative estimate of drug-likeness (QED) is 0.719. The van der Waals surface area contributed by atoms with Crippen molar-refractivity contribution in [3.8, 4) is 0 Å². The van der Waals surface area contributed by atoms with E-state index in [1.54, 1.807) is 0 Å². The summed E-state index contributed by atoms with van der Waals surface area (Å²) in [4.78, 5) is 3.87. The standard InChI is InChI=1S/C14H21NOS/c1-12(2)9-15(10-13-5-3-7-16-13)11-14-6-4-8-17-14/h4,6,8,13H,1,3,5,7,9-11H2,2H3. The zero-order chi connectivity index (χ0) is 12.1. The average molecular weight is 251 g/mol. The molecule has 1 aliphatic heterocycles. The van der Waals surface area contributed by atoms with Crippen molar-refractivity contribution in [3.05, 3.63) is 34.5 Å². The molecule has 0 saturated carbocycles. The summed E-state index contributed by atoms with van der Waals surface area (Å²) in [6.45, 7) is 10.1. The third kappa shape index (κ3) is 4.26. The molecule has 2 nitrogen and oxygen atoms in total. The Morgan fingerprint density at radius 2 is 2.53 bits per heavy atom. The summed E-state index contributed by atoms with van der Waals surface area (Å²) in [5, 5.41) is 2.14. The maximum atomic E-state index is 5.72. The molecule has 2 heterocycles. The van der Waals surface area contributed by atoms with E-state index in [4.69, 9.17) is 4.74 Å². The minimum atomic E-state index is 0.425. The van der Waals surface area contributed by atoms with E-state index < -0.39 is 0 Å². The van der Waals surface area contributed by atoms with Crippen molar-refractivity contribution in [1.29, 1.82) is 0 Å². The molecule has 1 aromatic rings. The smallest absolute Gasteiger partial charge is 0.0703 e.